The maximum Gasteiger partial charge on any atom is 0.0498 e. The molecule has 0 spiro atoms. The van der Waals surface area contributed by atoms with E-state index in [4.69, 9.17) is 5.11 Å². The van der Waals surface area contributed by atoms with Crippen LogP contribution in [0, 0.1) is 5.41 Å². The number of nitrogens with zero attached hydrogens (tertiary/aromatic N) is 1. The van der Waals surface area contributed by atoms with Gasteiger partial charge in [-0.2, -0.15) is 0 Å². The Balaban J connectivity index is 2.51. The van der Waals surface area contributed by atoms with Gasteiger partial charge in [-0.15, -0.1) is 0 Å². The second-order valence-electron chi connectivity index (χ2n) is 5.61. The molecule has 1 aromatic rings. The molecule has 1 aromatic carbocycles. The molecule has 3 heteroatoms. The molecule has 0 atom stereocenters. The standard InChI is InChI=1S/C14H24N2O/c1-14(2,11-17)10-15-13-7-5-12(6-8-13)9-16(3)4/h5-8,15,17H,9-11H2,1-4H3. The van der Waals surface area contributed by atoms with Gasteiger partial charge in [0.2, 0.25) is 0 Å². The lowest BCUT2D eigenvalue weighted by Gasteiger charge is -2.22. The van der Waals surface area contributed by atoms with Crippen molar-refractivity contribution < 1.29 is 5.11 Å². The Morgan fingerprint density at radius 1 is 1.18 bits per heavy atom. The number of benzene rings is 1. The van der Waals surface area contributed by atoms with Gasteiger partial charge in [-0.1, -0.05) is 26.0 Å². The molecule has 2 N–H and O–H groups in total. The van der Waals surface area contributed by atoms with Crippen LogP contribution in [-0.4, -0.2) is 37.3 Å². The minimum Gasteiger partial charge on any atom is -0.396 e. The van der Waals surface area contributed by atoms with Crippen molar-refractivity contribution in [3.8, 4) is 0 Å². The summed E-state index contributed by atoms with van der Waals surface area (Å²) in [5.41, 5.74) is 2.33. The maximum atomic E-state index is 9.17. The van der Waals surface area contributed by atoms with Crippen LogP contribution in [0.15, 0.2) is 24.3 Å². The molecule has 0 aliphatic rings. The molecule has 0 aliphatic carbocycles. The summed E-state index contributed by atoms with van der Waals surface area (Å²) in [5.74, 6) is 0. The molecule has 0 aliphatic heterocycles. The molecule has 0 amide bonds. The summed E-state index contributed by atoms with van der Waals surface area (Å²) in [5, 5.41) is 12.5. The van der Waals surface area contributed by atoms with Crippen molar-refractivity contribution in [3.05, 3.63) is 29.8 Å². The molecule has 0 unspecified atom stereocenters. The molecule has 0 bridgehead atoms. The zero-order valence-corrected chi connectivity index (χ0v) is 11.3. The van der Waals surface area contributed by atoms with E-state index in [1.54, 1.807) is 0 Å². The van der Waals surface area contributed by atoms with Crippen LogP contribution in [0.25, 0.3) is 0 Å². The van der Waals surface area contributed by atoms with Gasteiger partial charge in [-0.25, -0.2) is 0 Å². The highest BCUT2D eigenvalue weighted by atomic mass is 16.3. The van der Waals surface area contributed by atoms with Gasteiger partial charge in [0, 0.05) is 30.8 Å². The Bertz CT molecular complexity index is 331. The molecule has 0 heterocycles. The molecule has 17 heavy (non-hydrogen) atoms. The summed E-state index contributed by atoms with van der Waals surface area (Å²) in [6.07, 6.45) is 0. The van der Waals surface area contributed by atoms with Crippen LogP contribution >= 0.6 is 0 Å². The number of anilines is 1. The molecule has 0 radical (unpaired) electrons. The zero-order valence-electron chi connectivity index (χ0n) is 11.3. The SMILES string of the molecule is CN(C)Cc1ccc(NCC(C)(C)CO)cc1. The van der Waals surface area contributed by atoms with Gasteiger partial charge in [0.25, 0.3) is 0 Å². The molecule has 1 rings (SSSR count). The second-order valence-corrected chi connectivity index (χ2v) is 5.61. The lowest BCUT2D eigenvalue weighted by atomic mass is 9.95. The van der Waals surface area contributed by atoms with Crippen LogP contribution < -0.4 is 5.32 Å². The van der Waals surface area contributed by atoms with Crippen LogP contribution in [0.3, 0.4) is 0 Å². The van der Waals surface area contributed by atoms with Gasteiger partial charge in [0.05, 0.1) is 0 Å². The first-order valence-corrected chi connectivity index (χ1v) is 6.01. The Hall–Kier alpha value is -1.06. The molecule has 96 valence electrons. The quantitative estimate of drug-likeness (QED) is 0.794. The Morgan fingerprint density at radius 3 is 2.24 bits per heavy atom. The van der Waals surface area contributed by atoms with Crippen molar-refractivity contribution in [1.82, 2.24) is 4.90 Å². The van der Waals surface area contributed by atoms with Crippen LogP contribution in [0.4, 0.5) is 5.69 Å². The Morgan fingerprint density at radius 2 is 1.76 bits per heavy atom. The summed E-state index contributed by atoms with van der Waals surface area (Å²) in [7, 11) is 4.13. The van der Waals surface area contributed by atoms with E-state index < -0.39 is 0 Å². The minimum atomic E-state index is -0.0810. The fourth-order valence-electron chi connectivity index (χ4n) is 1.49. The number of aliphatic hydroxyl groups is 1. The molecule has 0 fully saturated rings. The average Bonchev–Trinajstić information content (AvgIpc) is 2.28. The van der Waals surface area contributed by atoms with E-state index in [2.05, 4.69) is 48.6 Å². The summed E-state index contributed by atoms with van der Waals surface area (Å²) in [6, 6.07) is 8.45. The van der Waals surface area contributed by atoms with E-state index in [1.165, 1.54) is 5.56 Å². The van der Waals surface area contributed by atoms with Gasteiger partial charge < -0.3 is 15.3 Å². The van der Waals surface area contributed by atoms with E-state index in [-0.39, 0.29) is 12.0 Å². The van der Waals surface area contributed by atoms with Crippen molar-refractivity contribution in [2.24, 2.45) is 5.41 Å². The third kappa shape index (κ3) is 5.20. The smallest absolute Gasteiger partial charge is 0.0498 e. The Labute approximate surface area is 104 Å². The third-order valence-corrected chi connectivity index (χ3v) is 2.65. The van der Waals surface area contributed by atoms with Gasteiger partial charge in [-0.3, -0.25) is 0 Å². The summed E-state index contributed by atoms with van der Waals surface area (Å²) in [6.45, 7) is 6.01. The molecular weight excluding hydrogens is 212 g/mol. The molecule has 3 nitrogen and oxygen atoms in total. The van der Waals surface area contributed by atoms with Crippen LogP contribution in [0.5, 0.6) is 0 Å². The molecule has 0 saturated carbocycles. The first kappa shape index (κ1) is 14.0. The third-order valence-electron chi connectivity index (χ3n) is 2.65. The molecular formula is C14H24N2O. The van der Waals surface area contributed by atoms with E-state index in [0.29, 0.717) is 0 Å². The minimum absolute atomic E-state index is 0.0810. The number of nitrogens with one attached hydrogen (secondary N) is 1. The first-order chi connectivity index (χ1) is 7.93. The van der Waals surface area contributed by atoms with Crippen LogP contribution in [0.2, 0.25) is 0 Å². The van der Waals surface area contributed by atoms with Crippen molar-refractivity contribution in [3.63, 3.8) is 0 Å². The summed E-state index contributed by atoms with van der Waals surface area (Å²) in [4.78, 5) is 2.15. The predicted octanol–water partition coefficient (Wildman–Crippen LogP) is 2.18. The van der Waals surface area contributed by atoms with Crippen molar-refractivity contribution in [2.75, 3.05) is 32.6 Å². The van der Waals surface area contributed by atoms with Gasteiger partial charge >= 0.3 is 0 Å². The molecule has 0 saturated heterocycles. The topological polar surface area (TPSA) is 35.5 Å². The van der Waals surface area contributed by atoms with Gasteiger partial charge in [0.15, 0.2) is 0 Å². The van der Waals surface area contributed by atoms with Crippen molar-refractivity contribution in [1.29, 1.82) is 0 Å². The highest BCUT2D eigenvalue weighted by Gasteiger charge is 2.15. The average molecular weight is 236 g/mol. The molecule has 0 aromatic heterocycles. The van der Waals surface area contributed by atoms with E-state index in [0.717, 1.165) is 18.8 Å². The summed E-state index contributed by atoms with van der Waals surface area (Å²) >= 11 is 0. The fraction of sp³-hybridized carbons (Fsp3) is 0.571. The van der Waals surface area contributed by atoms with Crippen molar-refractivity contribution >= 4 is 5.69 Å². The monoisotopic (exact) mass is 236 g/mol. The highest BCUT2D eigenvalue weighted by Crippen LogP contribution is 2.16. The van der Waals surface area contributed by atoms with Gasteiger partial charge in [0.1, 0.15) is 0 Å². The second kappa shape index (κ2) is 6.03. The van der Waals surface area contributed by atoms with E-state index >= 15 is 0 Å². The maximum absolute atomic E-state index is 9.17. The van der Waals surface area contributed by atoms with Crippen LogP contribution in [-0.2, 0) is 6.54 Å². The highest BCUT2D eigenvalue weighted by molar-refractivity contribution is 5.44. The first-order valence-electron chi connectivity index (χ1n) is 6.01. The van der Waals surface area contributed by atoms with Gasteiger partial charge in [-0.05, 0) is 31.8 Å². The normalized spacial score (nSPS) is 11.9. The van der Waals surface area contributed by atoms with E-state index in [9.17, 15) is 0 Å². The summed E-state index contributed by atoms with van der Waals surface area (Å²) < 4.78 is 0. The predicted molar refractivity (Wildman–Crippen MR) is 73.2 cm³/mol. The largest absolute Gasteiger partial charge is 0.396 e. The van der Waals surface area contributed by atoms with E-state index in [1.807, 2.05) is 13.8 Å². The number of aliphatic hydroxyl groups excluding tert-OH is 1. The fourth-order valence-corrected chi connectivity index (χ4v) is 1.49. The lowest BCUT2D eigenvalue weighted by Crippen LogP contribution is -2.26. The number of hydrogen-bond donors (Lipinski definition) is 2. The number of rotatable bonds is 6. The number of hydrogen-bond acceptors (Lipinski definition) is 3. The van der Waals surface area contributed by atoms with Crippen LogP contribution in [0.1, 0.15) is 19.4 Å². The van der Waals surface area contributed by atoms with Crippen molar-refractivity contribution in [2.45, 2.75) is 20.4 Å². The lowest BCUT2D eigenvalue weighted by molar-refractivity contribution is 0.171. The zero-order chi connectivity index (χ0) is 12.9. The Kier molecular flexibility index (Phi) is 4.97.